The van der Waals surface area contributed by atoms with Gasteiger partial charge in [-0.25, -0.2) is 14.4 Å². The summed E-state index contributed by atoms with van der Waals surface area (Å²) in [7, 11) is 5.74. The molecule has 9 heteroatoms. The van der Waals surface area contributed by atoms with E-state index in [1.807, 2.05) is 42.1 Å². The summed E-state index contributed by atoms with van der Waals surface area (Å²) in [6.07, 6.45) is 2.51. The van der Waals surface area contributed by atoms with E-state index < -0.39 is 0 Å². The number of nitrogens with one attached hydrogen (secondary N) is 2. The smallest absolute Gasteiger partial charge is 0.191 e. The summed E-state index contributed by atoms with van der Waals surface area (Å²) in [6, 6.07) is 13.5. The van der Waals surface area contributed by atoms with Gasteiger partial charge in [-0.2, -0.15) is 0 Å². The Hall–Kier alpha value is -2.69. The quantitative estimate of drug-likeness (QED) is 0.289. The normalized spacial score (nSPS) is 16.1. The van der Waals surface area contributed by atoms with Crippen LogP contribution in [0.5, 0.6) is 0 Å². The summed E-state index contributed by atoms with van der Waals surface area (Å²) >= 11 is 0. The lowest BCUT2D eigenvalue weighted by Gasteiger charge is -2.20. The van der Waals surface area contributed by atoms with Gasteiger partial charge in [-0.1, -0.05) is 18.2 Å². The standard InChI is InChI=1S/C23H28FN7.HI/c1-25-23(28-17-10-12-31(15-17)22-19(24)8-6-11-26-22)27-14-16-13-21(30(2)3)29-20-9-5-4-7-18(16)20;/h4-9,11,13,17H,10,12,14-15H2,1-3H3,(H2,25,27,28);1H. The largest absolute Gasteiger partial charge is 0.363 e. The van der Waals surface area contributed by atoms with Crippen molar-refractivity contribution in [2.45, 2.75) is 19.0 Å². The summed E-state index contributed by atoms with van der Waals surface area (Å²) in [5.74, 6) is 1.77. The predicted molar refractivity (Wildman–Crippen MR) is 140 cm³/mol. The number of aliphatic imine (C=N–C) groups is 1. The van der Waals surface area contributed by atoms with E-state index in [1.165, 1.54) is 6.07 Å². The minimum atomic E-state index is -0.285. The van der Waals surface area contributed by atoms with Gasteiger partial charge in [0.1, 0.15) is 5.82 Å². The number of pyridine rings is 2. The number of halogens is 2. The van der Waals surface area contributed by atoms with Gasteiger partial charge in [0.15, 0.2) is 17.6 Å². The first-order chi connectivity index (χ1) is 15.0. The van der Waals surface area contributed by atoms with E-state index in [2.05, 4.69) is 32.7 Å². The molecular weight excluding hydrogens is 520 g/mol. The number of fused-ring (bicyclic) bond motifs is 1. The van der Waals surface area contributed by atoms with Crippen LogP contribution in [0.2, 0.25) is 0 Å². The van der Waals surface area contributed by atoms with Crippen LogP contribution in [0.25, 0.3) is 10.9 Å². The summed E-state index contributed by atoms with van der Waals surface area (Å²) in [5, 5.41) is 8.00. The van der Waals surface area contributed by atoms with Crippen molar-refractivity contribution in [2.24, 2.45) is 4.99 Å². The number of guanidine groups is 1. The molecule has 1 aliphatic rings. The second-order valence-electron chi connectivity index (χ2n) is 7.86. The third-order valence-electron chi connectivity index (χ3n) is 5.48. The van der Waals surface area contributed by atoms with E-state index in [1.54, 1.807) is 19.3 Å². The molecule has 1 aliphatic heterocycles. The molecule has 4 rings (SSSR count). The van der Waals surface area contributed by atoms with E-state index in [0.717, 1.165) is 41.2 Å². The van der Waals surface area contributed by atoms with Gasteiger partial charge < -0.3 is 20.4 Å². The fourth-order valence-corrected chi connectivity index (χ4v) is 3.85. The molecule has 1 unspecified atom stereocenters. The van der Waals surface area contributed by atoms with Crippen LogP contribution in [0.1, 0.15) is 12.0 Å². The molecule has 3 aromatic rings. The molecule has 170 valence electrons. The van der Waals surface area contributed by atoms with Crippen LogP contribution in [-0.4, -0.2) is 56.2 Å². The molecule has 1 saturated heterocycles. The molecule has 0 amide bonds. The maximum atomic E-state index is 14.1. The average molecular weight is 549 g/mol. The molecule has 2 N–H and O–H groups in total. The zero-order chi connectivity index (χ0) is 21.8. The minimum Gasteiger partial charge on any atom is -0.363 e. The van der Waals surface area contributed by atoms with Crippen molar-refractivity contribution < 1.29 is 4.39 Å². The van der Waals surface area contributed by atoms with Crippen molar-refractivity contribution in [2.75, 3.05) is 44.0 Å². The van der Waals surface area contributed by atoms with Crippen molar-refractivity contribution in [3.05, 3.63) is 60.0 Å². The lowest BCUT2D eigenvalue weighted by molar-refractivity contribution is 0.612. The SMILES string of the molecule is CN=C(NCc1cc(N(C)C)nc2ccccc12)NC1CCN(c2ncccc2F)C1.I. The van der Waals surface area contributed by atoms with Crippen LogP contribution in [0, 0.1) is 5.82 Å². The Bertz CT molecular complexity index is 1090. The average Bonchev–Trinajstić information content (AvgIpc) is 3.24. The Morgan fingerprint density at radius 1 is 1.25 bits per heavy atom. The minimum absolute atomic E-state index is 0. The van der Waals surface area contributed by atoms with Gasteiger partial charge in [-0.05, 0) is 36.2 Å². The van der Waals surface area contributed by atoms with Crippen molar-refractivity contribution >= 4 is 52.5 Å². The van der Waals surface area contributed by atoms with Crippen molar-refractivity contribution in [3.8, 4) is 0 Å². The number of anilines is 2. The maximum absolute atomic E-state index is 14.1. The number of hydrogen-bond acceptors (Lipinski definition) is 5. The molecule has 1 aromatic carbocycles. The van der Waals surface area contributed by atoms with Gasteiger partial charge >= 0.3 is 0 Å². The highest BCUT2D eigenvalue weighted by molar-refractivity contribution is 14.0. The molecule has 1 fully saturated rings. The third-order valence-corrected chi connectivity index (χ3v) is 5.48. The molecule has 0 spiro atoms. The van der Waals surface area contributed by atoms with E-state index in [4.69, 9.17) is 4.98 Å². The van der Waals surface area contributed by atoms with Crippen molar-refractivity contribution in [3.63, 3.8) is 0 Å². The molecule has 32 heavy (non-hydrogen) atoms. The highest BCUT2D eigenvalue weighted by Gasteiger charge is 2.26. The molecule has 3 heterocycles. The number of aromatic nitrogens is 2. The fourth-order valence-electron chi connectivity index (χ4n) is 3.85. The zero-order valence-corrected chi connectivity index (χ0v) is 20.9. The van der Waals surface area contributed by atoms with E-state index in [0.29, 0.717) is 18.9 Å². The first-order valence-electron chi connectivity index (χ1n) is 10.4. The van der Waals surface area contributed by atoms with Crippen LogP contribution in [-0.2, 0) is 6.54 Å². The molecule has 7 nitrogen and oxygen atoms in total. The maximum Gasteiger partial charge on any atom is 0.191 e. The number of benzene rings is 1. The highest BCUT2D eigenvalue weighted by Crippen LogP contribution is 2.23. The molecule has 0 aliphatic carbocycles. The predicted octanol–water partition coefficient (Wildman–Crippen LogP) is 3.40. The van der Waals surface area contributed by atoms with Crippen LogP contribution in [0.4, 0.5) is 16.0 Å². The first kappa shape index (κ1) is 24.0. The van der Waals surface area contributed by atoms with Crippen LogP contribution >= 0.6 is 24.0 Å². The van der Waals surface area contributed by atoms with Gasteiger partial charge in [0, 0.05) is 58.4 Å². The Labute approximate surface area is 205 Å². The van der Waals surface area contributed by atoms with Gasteiger partial charge in [0.2, 0.25) is 0 Å². The molecular formula is C23H29FIN7. The van der Waals surface area contributed by atoms with Crippen LogP contribution < -0.4 is 20.4 Å². The van der Waals surface area contributed by atoms with Gasteiger partial charge in [-0.15, -0.1) is 24.0 Å². The lowest BCUT2D eigenvalue weighted by Crippen LogP contribution is -2.44. The van der Waals surface area contributed by atoms with Gasteiger partial charge in [0.25, 0.3) is 0 Å². The lowest BCUT2D eigenvalue weighted by atomic mass is 10.1. The van der Waals surface area contributed by atoms with E-state index in [9.17, 15) is 4.39 Å². The Morgan fingerprint density at radius 2 is 2.06 bits per heavy atom. The summed E-state index contributed by atoms with van der Waals surface area (Å²) in [4.78, 5) is 17.3. The summed E-state index contributed by atoms with van der Waals surface area (Å²) < 4.78 is 14.1. The Morgan fingerprint density at radius 3 is 2.81 bits per heavy atom. The zero-order valence-electron chi connectivity index (χ0n) is 18.5. The van der Waals surface area contributed by atoms with Crippen LogP contribution in [0.15, 0.2) is 53.7 Å². The second kappa shape index (κ2) is 10.8. The summed E-state index contributed by atoms with van der Waals surface area (Å²) in [6.45, 7) is 2.05. The van der Waals surface area contributed by atoms with E-state index in [-0.39, 0.29) is 35.8 Å². The molecule has 1 atom stereocenters. The molecule has 2 aromatic heterocycles. The van der Waals surface area contributed by atoms with Crippen LogP contribution in [0.3, 0.4) is 0 Å². The fraction of sp³-hybridized carbons (Fsp3) is 0.348. The number of nitrogens with zero attached hydrogens (tertiary/aromatic N) is 5. The topological polar surface area (TPSA) is 68.7 Å². The molecule has 0 radical (unpaired) electrons. The second-order valence-corrected chi connectivity index (χ2v) is 7.86. The number of hydrogen-bond donors (Lipinski definition) is 2. The first-order valence-corrected chi connectivity index (χ1v) is 10.4. The number of para-hydroxylation sites is 1. The van der Waals surface area contributed by atoms with Crippen molar-refractivity contribution in [1.29, 1.82) is 0 Å². The van der Waals surface area contributed by atoms with Crippen molar-refractivity contribution in [1.82, 2.24) is 20.6 Å². The third kappa shape index (κ3) is 5.37. The van der Waals surface area contributed by atoms with E-state index >= 15 is 0 Å². The Balaban J connectivity index is 0.00000289. The summed E-state index contributed by atoms with van der Waals surface area (Å²) in [5.41, 5.74) is 2.12. The molecule has 0 saturated carbocycles. The van der Waals surface area contributed by atoms with Gasteiger partial charge in [0.05, 0.1) is 5.52 Å². The Kier molecular flexibility index (Phi) is 8.05. The van der Waals surface area contributed by atoms with Gasteiger partial charge in [-0.3, -0.25) is 4.99 Å². The highest BCUT2D eigenvalue weighted by atomic mass is 127. The molecule has 0 bridgehead atoms. The monoisotopic (exact) mass is 549 g/mol. The number of rotatable bonds is 5.